The number of halogens is 1. The van der Waals surface area contributed by atoms with E-state index in [1.165, 1.54) is 12.1 Å². The topological polar surface area (TPSA) is 146 Å². The molecule has 0 radical (unpaired) electrons. The SMILES string of the molecule is CC(=O)OC(C(=O)O)[C@@H](OC(C)=O)C(=O)NCC1CCN(c2ccc(F)cc2C#N)CC1. The second-order valence-corrected chi connectivity index (χ2v) is 7.35. The van der Waals surface area contributed by atoms with Crippen LogP contribution in [0.2, 0.25) is 0 Å². The van der Waals surface area contributed by atoms with Gasteiger partial charge in [-0.15, -0.1) is 0 Å². The molecule has 0 bridgehead atoms. The van der Waals surface area contributed by atoms with Gasteiger partial charge in [-0.05, 0) is 37.0 Å². The molecule has 1 aliphatic heterocycles. The van der Waals surface area contributed by atoms with Crippen molar-refractivity contribution in [2.75, 3.05) is 24.5 Å². The van der Waals surface area contributed by atoms with Crippen molar-refractivity contribution in [3.05, 3.63) is 29.6 Å². The largest absolute Gasteiger partial charge is 0.478 e. The minimum atomic E-state index is -1.97. The van der Waals surface area contributed by atoms with Crippen molar-refractivity contribution in [1.82, 2.24) is 5.32 Å². The lowest BCUT2D eigenvalue weighted by Crippen LogP contribution is -2.51. The Hall–Kier alpha value is -3.68. The van der Waals surface area contributed by atoms with E-state index in [0.717, 1.165) is 13.8 Å². The van der Waals surface area contributed by atoms with Gasteiger partial charge in [-0.3, -0.25) is 14.4 Å². The molecule has 0 aromatic heterocycles. The highest BCUT2D eigenvalue weighted by molar-refractivity contribution is 5.90. The molecule has 1 fully saturated rings. The number of hydrogen-bond acceptors (Lipinski definition) is 8. The highest BCUT2D eigenvalue weighted by atomic mass is 19.1. The van der Waals surface area contributed by atoms with Crippen molar-refractivity contribution in [1.29, 1.82) is 5.26 Å². The summed E-state index contributed by atoms with van der Waals surface area (Å²) in [6.07, 6.45) is -2.51. The second kappa shape index (κ2) is 11.1. The Bertz CT molecular complexity index is 922. The number of carbonyl (C=O) groups is 4. The smallest absolute Gasteiger partial charge is 0.349 e. The third-order valence-corrected chi connectivity index (χ3v) is 4.96. The summed E-state index contributed by atoms with van der Waals surface area (Å²) in [5.74, 6) is -4.80. The van der Waals surface area contributed by atoms with Crippen LogP contribution in [-0.4, -0.2) is 60.8 Å². The quantitative estimate of drug-likeness (QED) is 0.554. The lowest BCUT2D eigenvalue weighted by molar-refractivity contribution is -0.180. The molecule has 0 aliphatic carbocycles. The Morgan fingerprint density at radius 3 is 2.31 bits per heavy atom. The number of piperidine rings is 1. The molecule has 0 spiro atoms. The normalized spacial score (nSPS) is 15.8. The van der Waals surface area contributed by atoms with Gasteiger partial charge < -0.3 is 24.8 Å². The van der Waals surface area contributed by atoms with E-state index >= 15 is 0 Å². The molecule has 32 heavy (non-hydrogen) atoms. The fourth-order valence-electron chi connectivity index (χ4n) is 3.45. The third kappa shape index (κ3) is 6.66. The Labute approximate surface area is 183 Å². The number of anilines is 1. The minimum Gasteiger partial charge on any atom is -0.478 e. The van der Waals surface area contributed by atoms with E-state index in [-0.39, 0.29) is 18.0 Å². The summed E-state index contributed by atoms with van der Waals surface area (Å²) in [7, 11) is 0. The van der Waals surface area contributed by atoms with E-state index in [0.29, 0.717) is 31.6 Å². The first-order valence-corrected chi connectivity index (χ1v) is 9.92. The average Bonchev–Trinajstić information content (AvgIpc) is 2.74. The maximum Gasteiger partial charge on any atom is 0.349 e. The van der Waals surface area contributed by atoms with Gasteiger partial charge in [0.25, 0.3) is 5.91 Å². The monoisotopic (exact) mass is 449 g/mol. The second-order valence-electron chi connectivity index (χ2n) is 7.35. The number of esters is 2. The maximum absolute atomic E-state index is 13.4. The van der Waals surface area contributed by atoms with Crippen molar-refractivity contribution in [3.8, 4) is 6.07 Å². The number of carboxylic acid groups (broad SMARTS) is 1. The van der Waals surface area contributed by atoms with E-state index in [4.69, 9.17) is 4.74 Å². The number of benzene rings is 1. The van der Waals surface area contributed by atoms with Crippen molar-refractivity contribution < 1.29 is 38.1 Å². The maximum atomic E-state index is 13.4. The van der Waals surface area contributed by atoms with Crippen LogP contribution in [0.15, 0.2) is 18.2 Å². The molecule has 1 heterocycles. The Morgan fingerprint density at radius 2 is 1.78 bits per heavy atom. The standard InChI is InChI=1S/C21H24FN3O7/c1-12(26)31-18(19(21(29)30)32-13(2)27)20(28)24-11-14-5-7-25(8-6-14)17-4-3-16(22)9-15(17)10-23/h3-4,9,14,18-19H,5-8,11H2,1-2H3,(H,24,28)(H,29,30)/t18-,19?/m1/s1. The minimum absolute atomic E-state index is 0.0381. The molecule has 2 N–H and O–H groups in total. The number of hydrogen-bond donors (Lipinski definition) is 2. The highest BCUT2D eigenvalue weighted by Crippen LogP contribution is 2.26. The molecule has 0 saturated carbocycles. The highest BCUT2D eigenvalue weighted by Gasteiger charge is 2.39. The number of aliphatic carboxylic acids is 1. The van der Waals surface area contributed by atoms with Crippen LogP contribution in [0.5, 0.6) is 0 Å². The first-order chi connectivity index (χ1) is 15.1. The first-order valence-electron chi connectivity index (χ1n) is 9.92. The van der Waals surface area contributed by atoms with Gasteiger partial charge in [-0.1, -0.05) is 0 Å². The average molecular weight is 449 g/mol. The van der Waals surface area contributed by atoms with Crippen molar-refractivity contribution >= 4 is 29.5 Å². The van der Waals surface area contributed by atoms with Crippen LogP contribution in [0.1, 0.15) is 32.3 Å². The molecule has 10 nitrogen and oxygen atoms in total. The van der Waals surface area contributed by atoms with Gasteiger partial charge in [0.15, 0.2) is 0 Å². The number of nitrogens with zero attached hydrogens (tertiary/aromatic N) is 2. The Kier molecular flexibility index (Phi) is 8.52. The van der Waals surface area contributed by atoms with Crippen LogP contribution in [0.25, 0.3) is 0 Å². The number of nitriles is 1. The van der Waals surface area contributed by atoms with Gasteiger partial charge in [-0.25, -0.2) is 9.18 Å². The number of ether oxygens (including phenoxy) is 2. The van der Waals surface area contributed by atoms with Crippen LogP contribution in [-0.2, 0) is 28.7 Å². The van der Waals surface area contributed by atoms with Gasteiger partial charge in [-0.2, -0.15) is 5.26 Å². The molecule has 172 valence electrons. The van der Waals surface area contributed by atoms with E-state index in [1.807, 2.05) is 11.0 Å². The Morgan fingerprint density at radius 1 is 1.19 bits per heavy atom. The molecular formula is C21H24FN3O7. The van der Waals surface area contributed by atoms with Crippen LogP contribution >= 0.6 is 0 Å². The lowest BCUT2D eigenvalue weighted by Gasteiger charge is -2.34. The molecular weight excluding hydrogens is 425 g/mol. The van der Waals surface area contributed by atoms with Crippen LogP contribution in [0.3, 0.4) is 0 Å². The number of rotatable bonds is 8. The predicted molar refractivity (Wildman–Crippen MR) is 108 cm³/mol. The van der Waals surface area contributed by atoms with Crippen LogP contribution in [0.4, 0.5) is 10.1 Å². The molecule has 1 saturated heterocycles. The number of amides is 1. The third-order valence-electron chi connectivity index (χ3n) is 4.96. The van der Waals surface area contributed by atoms with Crippen LogP contribution < -0.4 is 10.2 Å². The summed E-state index contributed by atoms with van der Waals surface area (Å²) in [5, 5.41) is 21.1. The molecule has 1 amide bonds. The summed E-state index contributed by atoms with van der Waals surface area (Å²) >= 11 is 0. The zero-order chi connectivity index (χ0) is 23.8. The predicted octanol–water partition coefficient (Wildman–Crippen LogP) is 0.978. The van der Waals surface area contributed by atoms with Crippen molar-refractivity contribution in [2.24, 2.45) is 5.92 Å². The molecule has 2 rings (SSSR count). The van der Waals surface area contributed by atoms with Crippen LogP contribution in [0, 0.1) is 23.1 Å². The number of nitrogens with one attached hydrogen (secondary N) is 1. The van der Waals surface area contributed by atoms with Crippen molar-refractivity contribution in [3.63, 3.8) is 0 Å². The zero-order valence-corrected chi connectivity index (χ0v) is 17.7. The molecule has 1 aromatic carbocycles. The summed E-state index contributed by atoms with van der Waals surface area (Å²) in [6, 6.07) is 6.01. The van der Waals surface area contributed by atoms with Crippen molar-refractivity contribution in [2.45, 2.75) is 38.9 Å². The van der Waals surface area contributed by atoms with E-state index < -0.39 is 41.8 Å². The van der Waals surface area contributed by atoms with Gasteiger partial charge in [0, 0.05) is 33.5 Å². The number of carbonyl (C=O) groups excluding carboxylic acids is 3. The fraction of sp³-hybridized carbons (Fsp3) is 0.476. The van der Waals surface area contributed by atoms with Gasteiger partial charge in [0.1, 0.15) is 11.9 Å². The molecule has 1 aliphatic rings. The molecule has 1 aromatic rings. The molecule has 2 atom stereocenters. The van der Waals surface area contributed by atoms with Gasteiger partial charge >= 0.3 is 17.9 Å². The van der Waals surface area contributed by atoms with Gasteiger partial charge in [0.05, 0.1) is 11.3 Å². The van der Waals surface area contributed by atoms with E-state index in [2.05, 4.69) is 10.1 Å². The summed E-state index contributed by atoms with van der Waals surface area (Å²) in [6.45, 7) is 3.31. The number of carboxylic acids is 1. The zero-order valence-electron chi connectivity index (χ0n) is 17.7. The van der Waals surface area contributed by atoms with E-state index in [9.17, 15) is 33.9 Å². The summed E-state index contributed by atoms with van der Waals surface area (Å²) in [4.78, 5) is 48.4. The summed E-state index contributed by atoms with van der Waals surface area (Å²) < 4.78 is 22.8. The lowest BCUT2D eigenvalue weighted by atomic mass is 9.95. The van der Waals surface area contributed by atoms with Gasteiger partial charge in [0.2, 0.25) is 12.2 Å². The Balaban J connectivity index is 1.97. The fourth-order valence-corrected chi connectivity index (χ4v) is 3.45. The molecule has 11 heteroatoms. The molecule has 1 unspecified atom stereocenters. The van der Waals surface area contributed by atoms with E-state index in [1.54, 1.807) is 6.07 Å². The first kappa shape index (κ1) is 24.6. The summed E-state index contributed by atoms with van der Waals surface area (Å²) in [5.41, 5.74) is 0.878.